The third-order valence-corrected chi connectivity index (χ3v) is 9.60. The average molecular weight is 782 g/mol. The Morgan fingerprint density at radius 3 is 1.75 bits per heavy atom. The van der Waals surface area contributed by atoms with Crippen LogP contribution in [0.25, 0.3) is 10.9 Å². The van der Waals surface area contributed by atoms with Gasteiger partial charge >= 0.3 is 0 Å². The van der Waals surface area contributed by atoms with E-state index < -0.39 is 96.6 Å². The summed E-state index contributed by atoms with van der Waals surface area (Å²) in [5.41, 5.74) is 1.53. The van der Waals surface area contributed by atoms with Gasteiger partial charge in [-0.1, -0.05) is 66.2 Å². The molecule has 308 valence electrons. The van der Waals surface area contributed by atoms with Crippen LogP contribution in [0.3, 0.4) is 0 Å². The third-order valence-electron chi connectivity index (χ3n) is 9.60. The SMILES string of the molecule is CC[C@H](C)[C@@H]1NC(=O)[C@H](C)NC(=O)[C@H](C)NC(=O)[C@H](CC(C)C)NC(=O)[C@H](Cc2c[nH]c3ccccc23)NC(=O)CNC(=O)CNC(=O)[C@H](CC(C)C)NC1=O. The van der Waals surface area contributed by atoms with Crippen LogP contribution < -0.4 is 42.5 Å². The number of carbonyl (C=O) groups is 8. The number of fused-ring (bicyclic) bond motifs is 1. The van der Waals surface area contributed by atoms with E-state index in [-0.39, 0.29) is 37.0 Å². The maximum Gasteiger partial charge on any atom is 0.243 e. The largest absolute Gasteiger partial charge is 0.361 e. The fourth-order valence-electron chi connectivity index (χ4n) is 6.21. The van der Waals surface area contributed by atoms with Crippen LogP contribution in [0.5, 0.6) is 0 Å². The van der Waals surface area contributed by atoms with Gasteiger partial charge in [0.1, 0.15) is 36.3 Å². The lowest BCUT2D eigenvalue weighted by Gasteiger charge is -2.28. The Hall–Kier alpha value is -5.48. The van der Waals surface area contributed by atoms with Crippen molar-refractivity contribution in [3.8, 4) is 0 Å². The summed E-state index contributed by atoms with van der Waals surface area (Å²) >= 11 is 0. The normalized spacial score (nSPS) is 25.2. The second kappa shape index (κ2) is 21.0. The molecule has 1 aliphatic rings. The van der Waals surface area contributed by atoms with Crippen LogP contribution in [-0.2, 0) is 44.8 Å². The zero-order valence-electron chi connectivity index (χ0n) is 33.6. The van der Waals surface area contributed by atoms with Gasteiger partial charge in [0.15, 0.2) is 0 Å². The van der Waals surface area contributed by atoms with Crippen molar-refractivity contribution in [2.45, 2.75) is 117 Å². The van der Waals surface area contributed by atoms with Crippen LogP contribution >= 0.6 is 0 Å². The van der Waals surface area contributed by atoms with E-state index in [1.165, 1.54) is 13.8 Å². The minimum atomic E-state index is -1.19. The van der Waals surface area contributed by atoms with Gasteiger partial charge in [0.2, 0.25) is 47.3 Å². The summed E-state index contributed by atoms with van der Waals surface area (Å²) < 4.78 is 0. The molecule has 9 N–H and O–H groups in total. The van der Waals surface area contributed by atoms with Gasteiger partial charge in [0, 0.05) is 23.5 Å². The summed E-state index contributed by atoms with van der Waals surface area (Å²) in [6.45, 7) is 12.8. The van der Waals surface area contributed by atoms with Gasteiger partial charge in [0.25, 0.3) is 0 Å². The molecule has 1 aliphatic heterocycles. The Balaban J connectivity index is 1.94. The van der Waals surface area contributed by atoms with Crippen molar-refractivity contribution in [3.63, 3.8) is 0 Å². The zero-order chi connectivity index (χ0) is 41.7. The molecule has 2 aromatic rings. The highest BCUT2D eigenvalue weighted by Gasteiger charge is 2.34. The average Bonchev–Trinajstić information content (AvgIpc) is 3.55. The number of aromatic amines is 1. The highest BCUT2D eigenvalue weighted by molar-refractivity contribution is 5.98. The van der Waals surface area contributed by atoms with E-state index in [1.54, 1.807) is 13.1 Å². The van der Waals surface area contributed by atoms with Gasteiger partial charge in [-0.3, -0.25) is 38.4 Å². The second-order valence-electron chi connectivity index (χ2n) is 15.4. The van der Waals surface area contributed by atoms with Gasteiger partial charge in [-0.05, 0) is 56.1 Å². The molecule has 56 heavy (non-hydrogen) atoms. The summed E-state index contributed by atoms with van der Waals surface area (Å²) in [7, 11) is 0. The van der Waals surface area contributed by atoms with Crippen molar-refractivity contribution in [1.82, 2.24) is 47.5 Å². The smallest absolute Gasteiger partial charge is 0.243 e. The first-order chi connectivity index (χ1) is 26.4. The summed E-state index contributed by atoms with van der Waals surface area (Å²) in [6, 6.07) is 0.732. The van der Waals surface area contributed by atoms with E-state index in [2.05, 4.69) is 47.5 Å². The molecule has 1 aromatic carbocycles. The van der Waals surface area contributed by atoms with Gasteiger partial charge in [0.05, 0.1) is 13.1 Å². The molecule has 2 heterocycles. The number of hydrogen-bond donors (Lipinski definition) is 9. The summed E-state index contributed by atoms with van der Waals surface area (Å²) in [6.07, 6.45) is 2.66. The molecule has 17 heteroatoms. The van der Waals surface area contributed by atoms with E-state index in [0.29, 0.717) is 12.0 Å². The molecule has 0 spiro atoms. The molecular weight excluding hydrogens is 722 g/mol. The zero-order valence-corrected chi connectivity index (χ0v) is 33.6. The second-order valence-corrected chi connectivity index (χ2v) is 15.4. The molecule has 0 bridgehead atoms. The fraction of sp³-hybridized carbons (Fsp3) is 0.590. The Morgan fingerprint density at radius 1 is 0.589 bits per heavy atom. The highest BCUT2D eigenvalue weighted by Crippen LogP contribution is 2.20. The van der Waals surface area contributed by atoms with E-state index in [1.807, 2.05) is 58.9 Å². The molecule has 1 fully saturated rings. The van der Waals surface area contributed by atoms with Crippen molar-refractivity contribution >= 4 is 58.2 Å². The Labute approximate surface area is 327 Å². The van der Waals surface area contributed by atoms with Crippen LogP contribution in [-0.4, -0.2) is 102 Å². The van der Waals surface area contributed by atoms with E-state index in [4.69, 9.17) is 0 Å². The third kappa shape index (κ3) is 13.4. The minimum Gasteiger partial charge on any atom is -0.361 e. The summed E-state index contributed by atoms with van der Waals surface area (Å²) in [5.74, 6) is -5.82. The van der Waals surface area contributed by atoms with Crippen LogP contribution in [0.4, 0.5) is 0 Å². The van der Waals surface area contributed by atoms with Crippen LogP contribution in [0.2, 0.25) is 0 Å². The number of amides is 8. The van der Waals surface area contributed by atoms with E-state index in [9.17, 15) is 38.4 Å². The quantitative estimate of drug-likeness (QED) is 0.177. The molecule has 1 saturated heterocycles. The lowest BCUT2D eigenvalue weighted by atomic mass is 9.96. The number of hydrogen-bond acceptors (Lipinski definition) is 8. The molecule has 3 rings (SSSR count). The molecule has 0 aliphatic carbocycles. The maximum atomic E-state index is 13.9. The predicted molar refractivity (Wildman–Crippen MR) is 209 cm³/mol. The van der Waals surface area contributed by atoms with Gasteiger partial charge in [-0.15, -0.1) is 0 Å². The monoisotopic (exact) mass is 781 g/mol. The molecule has 8 amide bonds. The minimum absolute atomic E-state index is 0.0290. The van der Waals surface area contributed by atoms with Crippen molar-refractivity contribution < 1.29 is 38.4 Å². The Kier molecular flexibility index (Phi) is 16.8. The van der Waals surface area contributed by atoms with Crippen molar-refractivity contribution in [2.24, 2.45) is 17.8 Å². The molecule has 0 radical (unpaired) electrons. The lowest BCUT2D eigenvalue weighted by Crippen LogP contribution is -2.60. The first-order valence-electron chi connectivity index (χ1n) is 19.3. The number of para-hydroxylation sites is 1. The van der Waals surface area contributed by atoms with Crippen LogP contribution in [0.15, 0.2) is 30.5 Å². The summed E-state index contributed by atoms with van der Waals surface area (Å²) in [4.78, 5) is 110. The van der Waals surface area contributed by atoms with Gasteiger partial charge in [-0.25, -0.2) is 0 Å². The standard InChI is InChI=1S/C39H59N9O8/c1-9-22(6)33-39(56)47-28(14-20(2)3)36(53)42-18-31(49)41-19-32(50)45-30(16-25-17-40-27-13-11-10-12-26(25)27)38(55)46-29(15-21(4)5)37(54)44-23(7)34(51)43-24(8)35(52)48-33/h10-13,17,20-24,28-30,33,40H,9,14-16,18-19H2,1-8H3,(H,41,49)(H,42,53)(H,43,51)(H,44,54)(H,45,50)(H,46,55)(H,47,56)(H,48,52)/t22-,23-,24-,28-,29-,30-,33-/m0/s1. The molecular formula is C39H59N9O8. The molecule has 17 nitrogen and oxygen atoms in total. The van der Waals surface area contributed by atoms with E-state index >= 15 is 0 Å². The Morgan fingerprint density at radius 2 is 1.12 bits per heavy atom. The number of H-pyrrole nitrogens is 1. The Bertz CT molecular complexity index is 1740. The number of nitrogens with one attached hydrogen (secondary N) is 9. The van der Waals surface area contributed by atoms with Crippen LogP contribution in [0, 0.1) is 17.8 Å². The van der Waals surface area contributed by atoms with Crippen LogP contribution in [0.1, 0.15) is 80.2 Å². The van der Waals surface area contributed by atoms with E-state index in [0.717, 1.165) is 10.9 Å². The fourth-order valence-corrected chi connectivity index (χ4v) is 6.21. The molecule has 1 aromatic heterocycles. The number of benzene rings is 1. The number of rotatable bonds is 8. The first kappa shape index (κ1) is 44.9. The van der Waals surface area contributed by atoms with Crippen molar-refractivity contribution in [1.29, 1.82) is 0 Å². The summed E-state index contributed by atoms with van der Waals surface area (Å²) in [5, 5.41) is 21.8. The molecule has 0 saturated carbocycles. The van der Waals surface area contributed by atoms with Gasteiger partial charge in [-0.2, -0.15) is 0 Å². The highest BCUT2D eigenvalue weighted by atomic mass is 16.2. The molecule has 0 unspecified atom stereocenters. The van der Waals surface area contributed by atoms with Gasteiger partial charge < -0.3 is 47.5 Å². The number of aromatic nitrogens is 1. The lowest BCUT2D eigenvalue weighted by molar-refractivity contribution is -0.136. The first-order valence-corrected chi connectivity index (χ1v) is 19.3. The number of carbonyl (C=O) groups excluding carboxylic acids is 8. The molecule has 7 atom stereocenters. The topological polar surface area (TPSA) is 249 Å². The van der Waals surface area contributed by atoms with Crippen molar-refractivity contribution in [2.75, 3.05) is 13.1 Å². The maximum absolute atomic E-state index is 13.9. The van der Waals surface area contributed by atoms with Crippen molar-refractivity contribution in [3.05, 3.63) is 36.0 Å². The predicted octanol–water partition coefficient (Wildman–Crippen LogP) is 0.0433.